The van der Waals surface area contributed by atoms with Crippen LogP contribution in [-0.2, 0) is 14.3 Å². The zero-order valence-electron chi connectivity index (χ0n) is 16.6. The molecule has 3 amide bonds. The van der Waals surface area contributed by atoms with E-state index in [2.05, 4.69) is 10.2 Å². The lowest BCUT2D eigenvalue weighted by atomic mass is 10.1. The van der Waals surface area contributed by atoms with Crippen molar-refractivity contribution in [1.82, 2.24) is 15.1 Å². The number of likely N-dealkylation sites (tertiary alicyclic amines) is 1. The lowest BCUT2D eigenvalue weighted by molar-refractivity contribution is -0.146. The highest BCUT2D eigenvalue weighted by atomic mass is 19.1. The van der Waals surface area contributed by atoms with Crippen LogP contribution in [0.25, 0.3) is 0 Å². The van der Waals surface area contributed by atoms with Crippen molar-refractivity contribution in [3.63, 3.8) is 0 Å². The van der Waals surface area contributed by atoms with Gasteiger partial charge in [0.15, 0.2) is 0 Å². The average Bonchev–Trinajstić information content (AvgIpc) is 2.74. The van der Waals surface area contributed by atoms with Crippen molar-refractivity contribution in [3.8, 4) is 0 Å². The molecule has 1 aromatic carbocycles. The molecule has 0 saturated carbocycles. The molecule has 2 aliphatic heterocycles. The Labute approximate surface area is 169 Å². The van der Waals surface area contributed by atoms with Gasteiger partial charge >= 0.3 is 17.9 Å². The summed E-state index contributed by atoms with van der Waals surface area (Å²) >= 11 is 0. The van der Waals surface area contributed by atoms with Crippen LogP contribution in [0.2, 0.25) is 0 Å². The Morgan fingerprint density at radius 2 is 1.62 bits per heavy atom. The largest absolute Gasteiger partial charge is 0.450 e. The second-order valence-corrected chi connectivity index (χ2v) is 7.19. The SMILES string of the molecule is CCOC(=O)N1CCC(NC(=O)C(=O)N2CCN(c3ccc(F)cc3)CC2)CC1. The molecule has 2 heterocycles. The van der Waals surface area contributed by atoms with E-state index in [0.717, 1.165) is 5.69 Å². The van der Waals surface area contributed by atoms with Crippen molar-refractivity contribution >= 4 is 23.6 Å². The summed E-state index contributed by atoms with van der Waals surface area (Å²) in [5.41, 5.74) is 0.899. The number of piperazine rings is 1. The smallest absolute Gasteiger partial charge is 0.409 e. The number of halogens is 1. The molecule has 29 heavy (non-hydrogen) atoms. The number of benzene rings is 1. The Balaban J connectivity index is 1.42. The Bertz CT molecular complexity index is 727. The van der Waals surface area contributed by atoms with Crippen molar-refractivity contribution in [3.05, 3.63) is 30.1 Å². The van der Waals surface area contributed by atoms with E-state index in [1.54, 1.807) is 28.9 Å². The number of nitrogens with one attached hydrogen (secondary N) is 1. The molecule has 0 aliphatic carbocycles. The van der Waals surface area contributed by atoms with Crippen LogP contribution in [0.5, 0.6) is 0 Å². The van der Waals surface area contributed by atoms with Gasteiger partial charge in [0.25, 0.3) is 0 Å². The van der Waals surface area contributed by atoms with Gasteiger partial charge in [0.2, 0.25) is 0 Å². The van der Waals surface area contributed by atoms with Crippen molar-refractivity contribution in [2.24, 2.45) is 0 Å². The number of amides is 3. The standard InChI is InChI=1S/C20H27FN4O4/c1-2-29-20(28)25-9-7-16(8-10-25)22-18(26)19(27)24-13-11-23(12-14-24)17-5-3-15(21)4-6-17/h3-6,16H,2,7-14H2,1H3,(H,22,26). The summed E-state index contributed by atoms with van der Waals surface area (Å²) in [4.78, 5) is 41.8. The minimum absolute atomic E-state index is 0.127. The maximum absolute atomic E-state index is 13.1. The lowest BCUT2D eigenvalue weighted by Crippen LogP contribution is -2.55. The first-order valence-corrected chi connectivity index (χ1v) is 10.00. The van der Waals surface area contributed by atoms with Crippen LogP contribution >= 0.6 is 0 Å². The Kier molecular flexibility index (Phi) is 6.90. The third-order valence-corrected chi connectivity index (χ3v) is 5.31. The number of anilines is 1. The minimum atomic E-state index is -0.602. The van der Waals surface area contributed by atoms with E-state index >= 15 is 0 Å². The molecule has 2 saturated heterocycles. The molecule has 0 bridgehead atoms. The molecule has 1 N–H and O–H groups in total. The second kappa shape index (κ2) is 9.58. The van der Waals surface area contributed by atoms with Gasteiger partial charge in [-0.25, -0.2) is 9.18 Å². The van der Waals surface area contributed by atoms with Crippen molar-refractivity contribution in [2.45, 2.75) is 25.8 Å². The van der Waals surface area contributed by atoms with Gasteiger partial charge in [-0.1, -0.05) is 0 Å². The van der Waals surface area contributed by atoms with Crippen LogP contribution in [0.4, 0.5) is 14.9 Å². The molecule has 0 spiro atoms. The summed E-state index contributed by atoms with van der Waals surface area (Å²) in [7, 11) is 0. The fourth-order valence-electron chi connectivity index (χ4n) is 3.63. The molecule has 0 radical (unpaired) electrons. The summed E-state index contributed by atoms with van der Waals surface area (Å²) in [6.07, 6.45) is 0.846. The number of hydrogen-bond donors (Lipinski definition) is 1. The van der Waals surface area contributed by atoms with E-state index < -0.39 is 11.8 Å². The molecule has 9 heteroatoms. The van der Waals surface area contributed by atoms with Crippen molar-refractivity contribution in [1.29, 1.82) is 0 Å². The normalized spacial score (nSPS) is 17.8. The minimum Gasteiger partial charge on any atom is -0.450 e. The summed E-state index contributed by atoms with van der Waals surface area (Å²) in [6.45, 7) is 5.12. The molecular formula is C20H27FN4O4. The van der Waals surface area contributed by atoms with Gasteiger partial charge in [0.1, 0.15) is 5.82 Å². The van der Waals surface area contributed by atoms with E-state index in [4.69, 9.17) is 4.74 Å². The number of nitrogens with zero attached hydrogens (tertiary/aromatic N) is 3. The first-order chi connectivity index (χ1) is 14.0. The molecule has 2 aliphatic rings. The first kappa shape index (κ1) is 20.9. The maximum Gasteiger partial charge on any atom is 0.409 e. The van der Waals surface area contributed by atoms with E-state index in [1.807, 2.05) is 0 Å². The maximum atomic E-state index is 13.1. The Morgan fingerprint density at radius 3 is 2.21 bits per heavy atom. The highest BCUT2D eigenvalue weighted by Crippen LogP contribution is 2.17. The van der Waals surface area contributed by atoms with Crippen LogP contribution in [0.15, 0.2) is 24.3 Å². The molecule has 3 rings (SSSR count). The van der Waals surface area contributed by atoms with Gasteiger partial charge in [-0.15, -0.1) is 0 Å². The molecule has 0 aromatic heterocycles. The number of hydrogen-bond acceptors (Lipinski definition) is 5. The van der Waals surface area contributed by atoms with E-state index in [-0.39, 0.29) is 18.0 Å². The predicted octanol–water partition coefficient (Wildman–Crippen LogP) is 1.21. The van der Waals surface area contributed by atoms with Crippen LogP contribution in [0.3, 0.4) is 0 Å². The molecular weight excluding hydrogens is 379 g/mol. The van der Waals surface area contributed by atoms with Gasteiger partial charge in [-0.3, -0.25) is 9.59 Å². The molecule has 0 atom stereocenters. The number of ether oxygens (including phenoxy) is 1. The lowest BCUT2D eigenvalue weighted by Gasteiger charge is -2.36. The van der Waals surface area contributed by atoms with Crippen molar-refractivity contribution in [2.75, 3.05) is 50.8 Å². The van der Waals surface area contributed by atoms with Crippen LogP contribution < -0.4 is 10.2 Å². The summed E-state index contributed by atoms with van der Waals surface area (Å²) in [5, 5.41) is 2.79. The number of carbonyl (C=O) groups excluding carboxylic acids is 3. The molecule has 0 unspecified atom stereocenters. The van der Waals surface area contributed by atoms with Gasteiger partial charge in [0, 0.05) is 51.0 Å². The Morgan fingerprint density at radius 1 is 1.00 bits per heavy atom. The van der Waals surface area contributed by atoms with Gasteiger partial charge < -0.3 is 24.8 Å². The first-order valence-electron chi connectivity index (χ1n) is 10.00. The number of carbonyl (C=O) groups is 3. The molecule has 158 valence electrons. The zero-order chi connectivity index (χ0) is 20.8. The highest BCUT2D eigenvalue weighted by Gasteiger charge is 2.30. The monoisotopic (exact) mass is 406 g/mol. The van der Waals surface area contributed by atoms with Crippen LogP contribution in [-0.4, -0.2) is 79.6 Å². The van der Waals surface area contributed by atoms with Gasteiger partial charge in [-0.2, -0.15) is 0 Å². The van der Waals surface area contributed by atoms with Crippen LogP contribution in [0.1, 0.15) is 19.8 Å². The summed E-state index contributed by atoms with van der Waals surface area (Å²) < 4.78 is 18.0. The van der Waals surface area contributed by atoms with Crippen LogP contribution in [0, 0.1) is 5.82 Å². The highest BCUT2D eigenvalue weighted by molar-refractivity contribution is 6.35. The number of rotatable bonds is 3. The molecule has 8 nitrogen and oxygen atoms in total. The Hall–Kier alpha value is -2.84. The van der Waals surface area contributed by atoms with Gasteiger partial charge in [-0.05, 0) is 44.0 Å². The molecule has 2 fully saturated rings. The third-order valence-electron chi connectivity index (χ3n) is 5.31. The fourth-order valence-corrected chi connectivity index (χ4v) is 3.63. The molecule has 1 aromatic rings. The van der Waals surface area contributed by atoms with Gasteiger partial charge in [0.05, 0.1) is 6.61 Å². The van der Waals surface area contributed by atoms with E-state index in [0.29, 0.717) is 58.7 Å². The average molecular weight is 406 g/mol. The van der Waals surface area contributed by atoms with E-state index in [1.165, 1.54) is 12.1 Å². The third kappa shape index (κ3) is 5.36. The number of piperidine rings is 1. The van der Waals surface area contributed by atoms with Crippen molar-refractivity contribution < 1.29 is 23.5 Å². The fraction of sp³-hybridized carbons (Fsp3) is 0.550. The quantitative estimate of drug-likeness (QED) is 0.763. The topological polar surface area (TPSA) is 82.2 Å². The second-order valence-electron chi connectivity index (χ2n) is 7.19. The van der Waals surface area contributed by atoms with E-state index in [9.17, 15) is 18.8 Å². The summed E-state index contributed by atoms with van der Waals surface area (Å²) in [6, 6.07) is 6.11. The zero-order valence-corrected chi connectivity index (χ0v) is 16.6. The predicted molar refractivity (Wildman–Crippen MR) is 105 cm³/mol. The summed E-state index contributed by atoms with van der Waals surface area (Å²) in [5.74, 6) is -1.42.